The molecule has 28 heavy (non-hydrogen) atoms. The Labute approximate surface area is 171 Å². The molecular formula is C22H27ClN4O. The first kappa shape index (κ1) is 19.1. The lowest BCUT2D eigenvalue weighted by Gasteiger charge is -2.36. The maximum Gasteiger partial charge on any atom is 0.272 e. The molecule has 0 spiro atoms. The van der Waals surface area contributed by atoms with Crippen LogP contribution in [0, 0.1) is 0 Å². The average Bonchev–Trinajstić information content (AvgIpc) is 3.03. The lowest BCUT2D eigenvalue weighted by atomic mass is 10.2. The zero-order valence-electron chi connectivity index (χ0n) is 16.2. The number of anilines is 2. The largest absolute Gasteiger partial charge is 0.370 e. The van der Waals surface area contributed by atoms with Crippen LogP contribution in [0.25, 0.3) is 0 Å². The molecule has 0 N–H and O–H groups in total. The molecular weight excluding hydrogens is 372 g/mol. The van der Waals surface area contributed by atoms with Gasteiger partial charge in [-0.15, -0.1) is 0 Å². The molecule has 2 aromatic rings. The summed E-state index contributed by atoms with van der Waals surface area (Å²) in [6.45, 7) is 5.17. The number of carbonyl (C=O) groups is 1. The fraction of sp³-hybridized carbons (Fsp3) is 0.455. The monoisotopic (exact) mass is 398 g/mol. The minimum absolute atomic E-state index is 0.0214. The second-order valence-corrected chi connectivity index (χ2v) is 8.00. The van der Waals surface area contributed by atoms with Crippen LogP contribution < -0.4 is 9.80 Å². The van der Waals surface area contributed by atoms with E-state index in [-0.39, 0.29) is 5.91 Å². The Morgan fingerprint density at radius 1 is 0.821 bits per heavy atom. The predicted octanol–water partition coefficient (Wildman–Crippen LogP) is 4.08. The van der Waals surface area contributed by atoms with Gasteiger partial charge in [0.1, 0.15) is 5.69 Å². The second-order valence-electron chi connectivity index (χ2n) is 7.56. The molecule has 1 amide bonds. The second kappa shape index (κ2) is 8.82. The fourth-order valence-corrected chi connectivity index (χ4v) is 4.22. The molecule has 0 bridgehead atoms. The minimum Gasteiger partial charge on any atom is -0.370 e. The van der Waals surface area contributed by atoms with Gasteiger partial charge < -0.3 is 14.7 Å². The number of aromatic nitrogens is 1. The van der Waals surface area contributed by atoms with E-state index in [9.17, 15) is 4.79 Å². The quantitative estimate of drug-likeness (QED) is 0.781. The lowest BCUT2D eigenvalue weighted by molar-refractivity contribution is 0.0741. The molecule has 2 aliphatic rings. The van der Waals surface area contributed by atoms with Crippen molar-refractivity contribution in [2.75, 3.05) is 49.1 Å². The third-order valence-corrected chi connectivity index (χ3v) is 5.91. The molecule has 2 fully saturated rings. The van der Waals surface area contributed by atoms with Gasteiger partial charge in [0.25, 0.3) is 5.91 Å². The van der Waals surface area contributed by atoms with Crippen LogP contribution in [0.15, 0.2) is 42.6 Å². The third-order valence-electron chi connectivity index (χ3n) is 5.68. The van der Waals surface area contributed by atoms with Gasteiger partial charge in [0.2, 0.25) is 0 Å². The van der Waals surface area contributed by atoms with Gasteiger partial charge in [-0.2, -0.15) is 0 Å². The Balaban J connectivity index is 1.36. The number of halogens is 1. The number of carbonyl (C=O) groups excluding carboxylic acids is 1. The van der Waals surface area contributed by atoms with E-state index in [0.717, 1.165) is 42.6 Å². The molecule has 2 saturated heterocycles. The molecule has 0 aliphatic carbocycles. The van der Waals surface area contributed by atoms with Gasteiger partial charge in [-0.25, -0.2) is 4.98 Å². The highest BCUT2D eigenvalue weighted by Gasteiger charge is 2.23. The Bertz CT molecular complexity index is 794. The molecule has 1 aromatic carbocycles. The Morgan fingerprint density at radius 2 is 1.54 bits per heavy atom. The number of hydrogen-bond acceptors (Lipinski definition) is 4. The molecule has 1 aromatic heterocycles. The average molecular weight is 399 g/mol. The smallest absolute Gasteiger partial charge is 0.272 e. The highest BCUT2D eigenvalue weighted by atomic mass is 35.5. The van der Waals surface area contributed by atoms with E-state index in [2.05, 4.69) is 20.9 Å². The lowest BCUT2D eigenvalue weighted by Crippen LogP contribution is -2.49. The molecule has 5 nitrogen and oxygen atoms in total. The van der Waals surface area contributed by atoms with E-state index >= 15 is 0 Å². The number of pyridine rings is 1. The number of piperazine rings is 1. The number of hydrogen-bond donors (Lipinski definition) is 0. The van der Waals surface area contributed by atoms with Crippen LogP contribution >= 0.6 is 11.6 Å². The van der Waals surface area contributed by atoms with E-state index in [1.165, 1.54) is 25.7 Å². The number of nitrogens with zero attached hydrogens (tertiary/aromatic N) is 4. The minimum atomic E-state index is 0.0214. The zero-order chi connectivity index (χ0) is 19.3. The van der Waals surface area contributed by atoms with Crippen LogP contribution in [0.3, 0.4) is 0 Å². The van der Waals surface area contributed by atoms with Crippen molar-refractivity contribution < 1.29 is 4.79 Å². The van der Waals surface area contributed by atoms with Crippen molar-refractivity contribution in [1.29, 1.82) is 0 Å². The Morgan fingerprint density at radius 3 is 2.18 bits per heavy atom. The van der Waals surface area contributed by atoms with Crippen LogP contribution in [0.1, 0.15) is 36.2 Å². The topological polar surface area (TPSA) is 39.7 Å². The van der Waals surface area contributed by atoms with E-state index < -0.39 is 0 Å². The summed E-state index contributed by atoms with van der Waals surface area (Å²) in [5.74, 6) is 0.0214. The van der Waals surface area contributed by atoms with Gasteiger partial charge in [-0.05, 0) is 43.2 Å². The molecule has 0 atom stereocenters. The first-order valence-electron chi connectivity index (χ1n) is 10.2. The molecule has 3 heterocycles. The summed E-state index contributed by atoms with van der Waals surface area (Å²) in [5, 5.41) is 0.740. The van der Waals surface area contributed by atoms with Crippen molar-refractivity contribution in [2.24, 2.45) is 0 Å². The van der Waals surface area contributed by atoms with Gasteiger partial charge in [0.05, 0.1) is 11.9 Å². The number of amides is 1. The Hall–Kier alpha value is -2.27. The van der Waals surface area contributed by atoms with Gasteiger partial charge in [0, 0.05) is 50.0 Å². The van der Waals surface area contributed by atoms with Crippen molar-refractivity contribution in [3.05, 3.63) is 53.3 Å². The standard InChI is InChI=1S/C22H27ClN4O/c23-18-6-5-7-19(16-18)26-12-14-27(15-13-26)22(28)21-9-8-20(17-24-21)25-10-3-1-2-4-11-25/h5-9,16-17H,1-4,10-15H2. The molecule has 6 heteroatoms. The molecule has 148 valence electrons. The van der Waals surface area contributed by atoms with Crippen LogP contribution in [0.4, 0.5) is 11.4 Å². The maximum absolute atomic E-state index is 12.8. The summed E-state index contributed by atoms with van der Waals surface area (Å²) in [5.41, 5.74) is 2.78. The van der Waals surface area contributed by atoms with E-state index in [1.807, 2.05) is 41.4 Å². The van der Waals surface area contributed by atoms with Gasteiger partial charge in [-0.3, -0.25) is 4.79 Å². The SMILES string of the molecule is O=C(c1ccc(N2CCCCCC2)cn1)N1CCN(c2cccc(Cl)c2)CC1. The van der Waals surface area contributed by atoms with Crippen LogP contribution in [0.2, 0.25) is 5.02 Å². The first-order chi connectivity index (χ1) is 13.7. The van der Waals surface area contributed by atoms with Crippen LogP contribution in [0.5, 0.6) is 0 Å². The highest BCUT2D eigenvalue weighted by molar-refractivity contribution is 6.30. The normalized spacial score (nSPS) is 18.1. The molecule has 4 rings (SSSR count). The van der Waals surface area contributed by atoms with Gasteiger partial charge >= 0.3 is 0 Å². The molecule has 0 saturated carbocycles. The van der Waals surface area contributed by atoms with Crippen LogP contribution in [-0.2, 0) is 0 Å². The molecule has 2 aliphatic heterocycles. The van der Waals surface area contributed by atoms with Crippen LogP contribution in [-0.4, -0.2) is 55.1 Å². The summed E-state index contributed by atoms with van der Waals surface area (Å²) in [6, 6.07) is 11.8. The summed E-state index contributed by atoms with van der Waals surface area (Å²) in [4.78, 5) is 23.9. The van der Waals surface area contributed by atoms with Crippen molar-refractivity contribution in [1.82, 2.24) is 9.88 Å². The van der Waals surface area contributed by atoms with Crippen molar-refractivity contribution in [2.45, 2.75) is 25.7 Å². The fourth-order valence-electron chi connectivity index (χ4n) is 4.03. The zero-order valence-corrected chi connectivity index (χ0v) is 16.9. The summed E-state index contributed by atoms with van der Waals surface area (Å²) in [7, 11) is 0. The van der Waals surface area contributed by atoms with E-state index in [1.54, 1.807) is 0 Å². The van der Waals surface area contributed by atoms with Crippen molar-refractivity contribution in [3.8, 4) is 0 Å². The third kappa shape index (κ3) is 4.41. The summed E-state index contributed by atoms with van der Waals surface area (Å²) < 4.78 is 0. The maximum atomic E-state index is 12.8. The van der Waals surface area contributed by atoms with Gasteiger partial charge in [0.15, 0.2) is 0 Å². The Kier molecular flexibility index (Phi) is 6.01. The van der Waals surface area contributed by atoms with E-state index in [0.29, 0.717) is 18.8 Å². The summed E-state index contributed by atoms with van der Waals surface area (Å²) >= 11 is 6.10. The first-order valence-corrected chi connectivity index (χ1v) is 10.6. The highest BCUT2D eigenvalue weighted by Crippen LogP contribution is 2.22. The number of rotatable bonds is 3. The van der Waals surface area contributed by atoms with Gasteiger partial charge in [-0.1, -0.05) is 30.5 Å². The summed E-state index contributed by atoms with van der Waals surface area (Å²) in [6.07, 6.45) is 6.94. The number of benzene rings is 1. The van der Waals surface area contributed by atoms with Crippen molar-refractivity contribution in [3.63, 3.8) is 0 Å². The van der Waals surface area contributed by atoms with Crippen molar-refractivity contribution >= 4 is 28.9 Å². The van der Waals surface area contributed by atoms with E-state index in [4.69, 9.17) is 11.6 Å². The molecule has 0 radical (unpaired) electrons. The molecule has 0 unspecified atom stereocenters. The predicted molar refractivity (Wildman–Crippen MR) is 114 cm³/mol.